The number of nitrogens with zero attached hydrogens (tertiary/aromatic N) is 2. The summed E-state index contributed by atoms with van der Waals surface area (Å²) in [6, 6.07) is 14.9. The van der Waals surface area contributed by atoms with Crippen LogP contribution in [0, 0.1) is 11.3 Å². The zero-order valence-corrected chi connectivity index (χ0v) is 15.5. The highest BCUT2D eigenvalue weighted by molar-refractivity contribution is 6.09. The molecule has 1 aliphatic rings. The number of halogens is 2. The second-order valence-corrected chi connectivity index (χ2v) is 6.22. The molecule has 2 aromatic rings. The maximum atomic E-state index is 12.4. The lowest BCUT2D eigenvalue weighted by Crippen LogP contribution is -2.36. The van der Waals surface area contributed by atoms with Crippen molar-refractivity contribution in [1.82, 2.24) is 0 Å². The number of carbonyl (C=O) groups is 1. The molecule has 3 rings (SSSR count). The van der Waals surface area contributed by atoms with Crippen LogP contribution in [-0.2, 0) is 9.53 Å². The van der Waals surface area contributed by atoms with Crippen LogP contribution in [0.3, 0.4) is 0 Å². The third-order valence-electron chi connectivity index (χ3n) is 4.28. The lowest BCUT2D eigenvalue weighted by molar-refractivity contribution is -0.112. The topological polar surface area (TPSA) is 74.6 Å². The van der Waals surface area contributed by atoms with E-state index < -0.39 is 12.5 Å². The molecule has 1 aliphatic heterocycles. The van der Waals surface area contributed by atoms with Crippen molar-refractivity contribution in [1.29, 1.82) is 5.26 Å². The van der Waals surface area contributed by atoms with Gasteiger partial charge in [0.2, 0.25) is 0 Å². The molecule has 29 heavy (non-hydrogen) atoms. The number of carbonyl (C=O) groups excluding carboxylic acids is 1. The normalized spacial score (nSPS) is 14.4. The molecule has 0 spiro atoms. The standard InChI is InChI=1S/C21H19F2N3O3/c22-21(23)29-19-7-1-15(2-8-19)13-16(14-24)20(27)25-17-3-5-18(6-4-17)26-9-11-28-12-10-26/h1-8,13,21H,9-12H2,(H,25,27)/b16-13+. The fraction of sp³-hybridized carbons (Fsp3) is 0.238. The van der Waals surface area contributed by atoms with E-state index in [4.69, 9.17) is 4.74 Å². The fourth-order valence-electron chi connectivity index (χ4n) is 2.84. The fourth-order valence-corrected chi connectivity index (χ4v) is 2.84. The average Bonchev–Trinajstić information content (AvgIpc) is 2.74. The van der Waals surface area contributed by atoms with Crippen LogP contribution >= 0.6 is 0 Å². The Bertz CT molecular complexity index is 900. The lowest BCUT2D eigenvalue weighted by atomic mass is 10.1. The second-order valence-electron chi connectivity index (χ2n) is 6.22. The Hall–Kier alpha value is -3.44. The smallest absolute Gasteiger partial charge is 0.387 e. The molecular formula is C21H19F2N3O3. The van der Waals surface area contributed by atoms with Gasteiger partial charge < -0.3 is 19.7 Å². The first kappa shape index (κ1) is 20.3. The molecule has 8 heteroatoms. The Morgan fingerprint density at radius 2 is 1.79 bits per heavy atom. The first-order valence-electron chi connectivity index (χ1n) is 8.96. The maximum absolute atomic E-state index is 12.4. The van der Waals surface area contributed by atoms with Crippen molar-refractivity contribution in [3.05, 3.63) is 59.7 Å². The molecule has 0 radical (unpaired) electrons. The van der Waals surface area contributed by atoms with Gasteiger partial charge in [0.25, 0.3) is 5.91 Å². The van der Waals surface area contributed by atoms with E-state index >= 15 is 0 Å². The number of nitriles is 1. The van der Waals surface area contributed by atoms with Crippen LogP contribution < -0.4 is 15.0 Å². The Balaban J connectivity index is 1.64. The van der Waals surface area contributed by atoms with E-state index in [1.165, 1.54) is 30.3 Å². The molecular weight excluding hydrogens is 380 g/mol. The third kappa shape index (κ3) is 5.77. The number of anilines is 2. The molecule has 0 aromatic heterocycles. The molecule has 0 unspecified atom stereocenters. The molecule has 0 bridgehead atoms. The molecule has 0 saturated carbocycles. The van der Waals surface area contributed by atoms with Gasteiger partial charge in [0.15, 0.2) is 0 Å². The van der Waals surface area contributed by atoms with Gasteiger partial charge in [-0.05, 0) is 48.0 Å². The second kappa shape index (κ2) is 9.66. The molecule has 150 valence electrons. The molecule has 1 saturated heterocycles. The molecule has 0 atom stereocenters. The SMILES string of the molecule is N#C/C(=C\c1ccc(OC(F)F)cc1)C(=O)Nc1ccc(N2CCOCC2)cc1. The van der Waals surface area contributed by atoms with Crippen molar-refractivity contribution in [2.75, 3.05) is 36.5 Å². The quantitative estimate of drug-likeness (QED) is 0.593. The van der Waals surface area contributed by atoms with Crippen molar-refractivity contribution in [3.63, 3.8) is 0 Å². The van der Waals surface area contributed by atoms with E-state index in [1.807, 2.05) is 18.2 Å². The number of rotatable bonds is 6. The zero-order chi connectivity index (χ0) is 20.6. The minimum absolute atomic E-state index is 0.000432. The number of hydrogen-bond acceptors (Lipinski definition) is 5. The molecule has 0 aliphatic carbocycles. The Morgan fingerprint density at radius 3 is 2.38 bits per heavy atom. The van der Waals surface area contributed by atoms with Gasteiger partial charge >= 0.3 is 6.61 Å². The highest BCUT2D eigenvalue weighted by Crippen LogP contribution is 2.20. The summed E-state index contributed by atoms with van der Waals surface area (Å²) < 4.78 is 34.0. The van der Waals surface area contributed by atoms with Gasteiger partial charge in [-0.15, -0.1) is 0 Å². The highest BCUT2D eigenvalue weighted by Gasteiger charge is 2.13. The van der Waals surface area contributed by atoms with Crippen molar-refractivity contribution >= 4 is 23.4 Å². The zero-order valence-electron chi connectivity index (χ0n) is 15.5. The Labute approximate surface area is 166 Å². The monoisotopic (exact) mass is 399 g/mol. The van der Waals surface area contributed by atoms with E-state index in [0.717, 1.165) is 18.8 Å². The minimum Gasteiger partial charge on any atom is -0.435 e. The number of hydrogen-bond donors (Lipinski definition) is 1. The van der Waals surface area contributed by atoms with Gasteiger partial charge in [-0.1, -0.05) is 12.1 Å². The Kier molecular flexibility index (Phi) is 6.76. The van der Waals surface area contributed by atoms with Crippen LogP contribution in [-0.4, -0.2) is 38.8 Å². The highest BCUT2D eigenvalue weighted by atomic mass is 19.3. The molecule has 1 heterocycles. The van der Waals surface area contributed by atoms with E-state index in [0.29, 0.717) is 24.5 Å². The molecule has 1 fully saturated rings. The summed E-state index contributed by atoms with van der Waals surface area (Å²) in [4.78, 5) is 14.6. The van der Waals surface area contributed by atoms with Crippen LogP contribution in [0.15, 0.2) is 54.1 Å². The molecule has 1 amide bonds. The number of amides is 1. The van der Waals surface area contributed by atoms with E-state index in [1.54, 1.807) is 12.1 Å². The number of nitrogens with one attached hydrogen (secondary N) is 1. The van der Waals surface area contributed by atoms with Gasteiger partial charge in [0.05, 0.1) is 13.2 Å². The van der Waals surface area contributed by atoms with Crippen LogP contribution in [0.4, 0.5) is 20.2 Å². The summed E-state index contributed by atoms with van der Waals surface area (Å²) in [5, 5.41) is 12.0. The lowest BCUT2D eigenvalue weighted by Gasteiger charge is -2.28. The minimum atomic E-state index is -2.91. The number of ether oxygens (including phenoxy) is 2. The van der Waals surface area contributed by atoms with E-state index in [2.05, 4.69) is 15.0 Å². The summed E-state index contributed by atoms with van der Waals surface area (Å²) in [6.45, 7) is 0.0858. The van der Waals surface area contributed by atoms with Gasteiger partial charge in [-0.25, -0.2) is 0 Å². The molecule has 2 aromatic carbocycles. The van der Waals surface area contributed by atoms with Crippen molar-refractivity contribution in [2.24, 2.45) is 0 Å². The van der Waals surface area contributed by atoms with Crippen LogP contribution in [0.2, 0.25) is 0 Å². The van der Waals surface area contributed by atoms with Crippen molar-refractivity contribution in [3.8, 4) is 11.8 Å². The predicted octanol–water partition coefficient (Wildman–Crippen LogP) is 3.67. The van der Waals surface area contributed by atoms with Gasteiger partial charge in [-0.3, -0.25) is 4.79 Å². The summed E-state index contributed by atoms with van der Waals surface area (Å²) >= 11 is 0. The molecule has 6 nitrogen and oxygen atoms in total. The van der Waals surface area contributed by atoms with Gasteiger partial charge in [-0.2, -0.15) is 14.0 Å². The van der Waals surface area contributed by atoms with Crippen molar-refractivity contribution in [2.45, 2.75) is 6.61 Å². The summed E-state index contributed by atoms with van der Waals surface area (Å²) in [5.74, 6) is -0.556. The van der Waals surface area contributed by atoms with Crippen molar-refractivity contribution < 1.29 is 23.0 Å². The predicted molar refractivity (Wildman–Crippen MR) is 105 cm³/mol. The van der Waals surface area contributed by atoms with Gasteiger partial charge in [0.1, 0.15) is 17.4 Å². The van der Waals surface area contributed by atoms with Crippen LogP contribution in [0.1, 0.15) is 5.56 Å². The Morgan fingerprint density at radius 1 is 1.14 bits per heavy atom. The first-order chi connectivity index (χ1) is 14.0. The summed E-state index contributed by atoms with van der Waals surface area (Å²) in [7, 11) is 0. The third-order valence-corrected chi connectivity index (χ3v) is 4.28. The van der Waals surface area contributed by atoms with E-state index in [9.17, 15) is 18.8 Å². The number of alkyl halides is 2. The summed E-state index contributed by atoms with van der Waals surface area (Å²) in [6.07, 6.45) is 1.38. The first-order valence-corrected chi connectivity index (χ1v) is 8.96. The largest absolute Gasteiger partial charge is 0.435 e. The van der Waals surface area contributed by atoms with Crippen LogP contribution in [0.5, 0.6) is 5.75 Å². The maximum Gasteiger partial charge on any atom is 0.387 e. The summed E-state index contributed by atoms with van der Waals surface area (Å²) in [5.41, 5.74) is 2.01. The number of morpholine rings is 1. The van der Waals surface area contributed by atoms with Crippen LogP contribution in [0.25, 0.3) is 6.08 Å². The average molecular weight is 399 g/mol. The van der Waals surface area contributed by atoms with Gasteiger partial charge in [0, 0.05) is 24.5 Å². The van der Waals surface area contributed by atoms with E-state index in [-0.39, 0.29) is 11.3 Å². The molecule has 1 N–H and O–H groups in total. The number of benzene rings is 2.